The van der Waals surface area contributed by atoms with Gasteiger partial charge in [-0.2, -0.15) is 0 Å². The van der Waals surface area contributed by atoms with Gasteiger partial charge in [-0.05, 0) is 94.0 Å². The summed E-state index contributed by atoms with van der Waals surface area (Å²) in [7, 11) is 0. The number of nitrogens with zero attached hydrogens (tertiary/aromatic N) is 2. The van der Waals surface area contributed by atoms with Crippen LogP contribution in [0.4, 0.5) is 5.69 Å². The highest BCUT2D eigenvalue weighted by molar-refractivity contribution is 7.80. The first kappa shape index (κ1) is 22.8. The quantitative estimate of drug-likeness (QED) is 0.421. The molecule has 1 saturated heterocycles. The molecule has 5 heteroatoms. The van der Waals surface area contributed by atoms with Crippen LogP contribution in [-0.2, 0) is 6.42 Å². The van der Waals surface area contributed by atoms with Gasteiger partial charge in [-0.25, -0.2) is 0 Å². The number of fused-ring (bicyclic) bond motifs is 1. The van der Waals surface area contributed by atoms with Crippen LogP contribution < -0.4 is 10.6 Å². The Balaban J connectivity index is 1.48. The van der Waals surface area contributed by atoms with E-state index >= 15 is 0 Å². The summed E-state index contributed by atoms with van der Waals surface area (Å²) in [6.07, 6.45) is 7.54. The number of likely N-dealkylation sites (tertiary alicyclic amines) is 1. The standard InChI is InChI=1S/C27H35N3OS/c1-3-20(2)29-16-13-22(14-17-29)25-19-31-26-12-11-23(18-24(25)26)30(27(28)32)15-7-10-21-8-5-4-6-9-21/h4-6,8-9,11-12,18-20,22H,3,7,10,13-17H2,1-2H3,(H2,28,32). The third-order valence-electron chi connectivity index (χ3n) is 7.04. The summed E-state index contributed by atoms with van der Waals surface area (Å²) in [5, 5.41) is 1.62. The molecule has 32 heavy (non-hydrogen) atoms. The molecule has 0 radical (unpaired) electrons. The van der Waals surface area contributed by atoms with Crippen LogP contribution in [0, 0.1) is 0 Å². The molecular formula is C27H35N3OS. The molecule has 4 nitrogen and oxygen atoms in total. The second kappa shape index (κ2) is 10.5. The first-order valence-corrected chi connectivity index (χ1v) is 12.3. The molecule has 1 aliphatic rings. The van der Waals surface area contributed by atoms with Crippen molar-refractivity contribution < 1.29 is 4.42 Å². The minimum Gasteiger partial charge on any atom is -0.464 e. The minimum absolute atomic E-state index is 0.421. The molecule has 1 fully saturated rings. The largest absolute Gasteiger partial charge is 0.464 e. The Kier molecular flexibility index (Phi) is 7.48. The number of hydrogen-bond acceptors (Lipinski definition) is 3. The monoisotopic (exact) mass is 449 g/mol. The topological polar surface area (TPSA) is 45.6 Å². The van der Waals surface area contributed by atoms with E-state index in [0.717, 1.165) is 43.7 Å². The number of rotatable bonds is 8. The Morgan fingerprint density at radius 3 is 2.62 bits per heavy atom. The van der Waals surface area contributed by atoms with Crippen molar-refractivity contribution in [2.24, 2.45) is 5.73 Å². The number of aryl methyl sites for hydroxylation is 1. The summed E-state index contributed by atoms with van der Waals surface area (Å²) in [4.78, 5) is 4.67. The van der Waals surface area contributed by atoms with Crippen LogP contribution in [0.15, 0.2) is 59.2 Å². The number of hydrogen-bond donors (Lipinski definition) is 1. The zero-order chi connectivity index (χ0) is 22.5. The summed E-state index contributed by atoms with van der Waals surface area (Å²) < 4.78 is 5.94. The van der Waals surface area contributed by atoms with Crippen LogP contribution in [0.1, 0.15) is 56.6 Å². The number of nitrogens with two attached hydrogens (primary N) is 1. The number of benzene rings is 2. The van der Waals surface area contributed by atoms with Gasteiger partial charge in [-0.15, -0.1) is 0 Å². The number of thiocarbonyl (C=S) groups is 1. The maximum Gasteiger partial charge on any atom is 0.170 e. The fraction of sp³-hybridized carbons (Fsp3) is 0.444. The predicted molar refractivity (Wildman–Crippen MR) is 138 cm³/mol. The van der Waals surface area contributed by atoms with Crippen molar-refractivity contribution >= 4 is 34.0 Å². The first-order valence-electron chi connectivity index (χ1n) is 11.9. The fourth-order valence-electron chi connectivity index (χ4n) is 4.88. The maximum absolute atomic E-state index is 6.13. The normalized spacial score (nSPS) is 16.3. The molecule has 1 aliphatic heterocycles. The average Bonchev–Trinajstić information content (AvgIpc) is 3.25. The first-order chi connectivity index (χ1) is 15.6. The second-order valence-electron chi connectivity index (χ2n) is 9.02. The van der Waals surface area contributed by atoms with Crippen molar-refractivity contribution in [2.75, 3.05) is 24.5 Å². The van der Waals surface area contributed by atoms with Gasteiger partial charge in [-0.1, -0.05) is 37.3 Å². The molecule has 0 spiro atoms. The van der Waals surface area contributed by atoms with E-state index in [0.29, 0.717) is 17.1 Å². The number of furan rings is 1. The fourth-order valence-corrected chi connectivity index (χ4v) is 5.08. The van der Waals surface area contributed by atoms with E-state index in [4.69, 9.17) is 22.4 Å². The number of anilines is 1. The van der Waals surface area contributed by atoms with Crippen molar-refractivity contribution in [3.8, 4) is 0 Å². The molecule has 2 heterocycles. The lowest BCUT2D eigenvalue weighted by Crippen LogP contribution is -2.39. The molecule has 1 aromatic heterocycles. The van der Waals surface area contributed by atoms with Gasteiger partial charge >= 0.3 is 0 Å². The summed E-state index contributed by atoms with van der Waals surface area (Å²) in [6, 6.07) is 17.6. The molecule has 1 atom stereocenters. The molecule has 170 valence electrons. The van der Waals surface area contributed by atoms with E-state index in [9.17, 15) is 0 Å². The zero-order valence-electron chi connectivity index (χ0n) is 19.3. The molecule has 2 N–H and O–H groups in total. The van der Waals surface area contributed by atoms with E-state index < -0.39 is 0 Å². The second-order valence-corrected chi connectivity index (χ2v) is 9.44. The molecule has 0 aliphatic carbocycles. The predicted octanol–water partition coefficient (Wildman–Crippen LogP) is 6.09. The van der Waals surface area contributed by atoms with Gasteiger partial charge in [0.2, 0.25) is 0 Å². The van der Waals surface area contributed by atoms with Gasteiger partial charge in [0, 0.05) is 29.2 Å². The third kappa shape index (κ3) is 5.16. The highest BCUT2D eigenvalue weighted by Crippen LogP contribution is 2.36. The highest BCUT2D eigenvalue weighted by Gasteiger charge is 2.25. The van der Waals surface area contributed by atoms with Crippen LogP contribution in [0.5, 0.6) is 0 Å². The van der Waals surface area contributed by atoms with Crippen LogP contribution >= 0.6 is 12.2 Å². The van der Waals surface area contributed by atoms with E-state index in [1.165, 1.54) is 35.8 Å². The van der Waals surface area contributed by atoms with E-state index in [-0.39, 0.29) is 0 Å². The zero-order valence-corrected chi connectivity index (χ0v) is 20.1. The van der Waals surface area contributed by atoms with E-state index in [1.807, 2.05) is 6.26 Å². The Labute approximate surface area is 197 Å². The van der Waals surface area contributed by atoms with Gasteiger partial charge in [-0.3, -0.25) is 0 Å². The molecule has 1 unspecified atom stereocenters. The molecule has 4 rings (SSSR count). The minimum atomic E-state index is 0.421. The van der Waals surface area contributed by atoms with Gasteiger partial charge in [0.25, 0.3) is 0 Å². The molecule has 2 aromatic carbocycles. The molecule has 0 amide bonds. The lowest BCUT2D eigenvalue weighted by atomic mass is 9.88. The van der Waals surface area contributed by atoms with Crippen molar-refractivity contribution in [1.82, 2.24) is 4.90 Å². The van der Waals surface area contributed by atoms with Crippen molar-refractivity contribution in [2.45, 2.75) is 57.9 Å². The molecule has 0 saturated carbocycles. The van der Waals surface area contributed by atoms with Crippen LogP contribution in [0.2, 0.25) is 0 Å². The summed E-state index contributed by atoms with van der Waals surface area (Å²) in [6.45, 7) is 7.72. The Bertz CT molecular complexity index is 1020. The Morgan fingerprint density at radius 2 is 1.94 bits per heavy atom. The van der Waals surface area contributed by atoms with Gasteiger partial charge in [0.15, 0.2) is 5.11 Å². The van der Waals surface area contributed by atoms with Crippen molar-refractivity contribution in [1.29, 1.82) is 0 Å². The summed E-state index contributed by atoms with van der Waals surface area (Å²) >= 11 is 5.41. The lowest BCUT2D eigenvalue weighted by molar-refractivity contribution is 0.158. The van der Waals surface area contributed by atoms with Crippen molar-refractivity contribution in [3.63, 3.8) is 0 Å². The van der Waals surface area contributed by atoms with Crippen molar-refractivity contribution in [3.05, 3.63) is 65.9 Å². The van der Waals surface area contributed by atoms with Crippen LogP contribution in [0.25, 0.3) is 11.0 Å². The average molecular weight is 450 g/mol. The third-order valence-corrected chi connectivity index (χ3v) is 7.26. The molecule has 0 bridgehead atoms. The summed E-state index contributed by atoms with van der Waals surface area (Å²) in [5.41, 5.74) is 10.8. The molecule has 3 aromatic rings. The Morgan fingerprint density at radius 1 is 1.19 bits per heavy atom. The lowest BCUT2D eigenvalue weighted by Gasteiger charge is -2.35. The molecular weight excluding hydrogens is 414 g/mol. The van der Waals surface area contributed by atoms with Gasteiger partial charge in [0.1, 0.15) is 5.58 Å². The SMILES string of the molecule is CCC(C)N1CCC(c2coc3ccc(N(CCCc4ccccc4)C(N)=S)cc23)CC1. The van der Waals surface area contributed by atoms with E-state index in [1.54, 1.807) is 0 Å². The van der Waals surface area contributed by atoms with Gasteiger partial charge in [0.05, 0.1) is 6.26 Å². The summed E-state index contributed by atoms with van der Waals surface area (Å²) in [5.74, 6) is 0.545. The highest BCUT2D eigenvalue weighted by atomic mass is 32.1. The van der Waals surface area contributed by atoms with Crippen LogP contribution in [0.3, 0.4) is 0 Å². The van der Waals surface area contributed by atoms with Gasteiger partial charge < -0.3 is 20.0 Å². The number of piperidine rings is 1. The Hall–Kier alpha value is -2.37. The smallest absolute Gasteiger partial charge is 0.170 e. The van der Waals surface area contributed by atoms with Crippen LogP contribution in [-0.4, -0.2) is 35.7 Å². The maximum atomic E-state index is 6.13. The van der Waals surface area contributed by atoms with E-state index in [2.05, 4.69) is 72.2 Å².